The maximum atomic E-state index is 11.7. The maximum absolute atomic E-state index is 11.7. The van der Waals surface area contributed by atoms with Crippen LogP contribution in [0.25, 0.3) is 0 Å². The number of carbonyl (C=O) groups excluding carboxylic acids is 2. The van der Waals surface area contributed by atoms with Crippen molar-refractivity contribution < 1.29 is 24.2 Å². The Labute approximate surface area is 125 Å². The van der Waals surface area contributed by atoms with Gasteiger partial charge < -0.3 is 14.6 Å². The molecule has 0 unspecified atom stereocenters. The smallest absolute Gasteiger partial charge is 0.309 e. The quantitative estimate of drug-likeness (QED) is 0.765. The maximum Gasteiger partial charge on any atom is 0.309 e. The Kier molecular flexibility index (Phi) is 5.58. The number of hydrogen-bond acceptors (Lipinski definition) is 6. The van der Waals surface area contributed by atoms with Gasteiger partial charge in [-0.2, -0.15) is 0 Å². The molecule has 3 atom stereocenters. The third-order valence-electron chi connectivity index (χ3n) is 4.65. The van der Waals surface area contributed by atoms with E-state index < -0.39 is 6.10 Å². The largest absolute Gasteiger partial charge is 0.469 e. The van der Waals surface area contributed by atoms with E-state index in [2.05, 4.69) is 4.90 Å². The summed E-state index contributed by atoms with van der Waals surface area (Å²) in [5, 5.41) is 10.2. The fourth-order valence-corrected chi connectivity index (χ4v) is 3.47. The number of piperidine rings is 1. The van der Waals surface area contributed by atoms with E-state index in [0.29, 0.717) is 19.4 Å². The van der Waals surface area contributed by atoms with Gasteiger partial charge in [-0.05, 0) is 45.7 Å². The lowest BCUT2D eigenvalue weighted by Crippen LogP contribution is -2.46. The van der Waals surface area contributed by atoms with Gasteiger partial charge in [0.2, 0.25) is 0 Å². The number of nitrogens with zero attached hydrogens (tertiary/aromatic N) is 1. The minimum Gasteiger partial charge on any atom is -0.469 e. The van der Waals surface area contributed by atoms with Crippen molar-refractivity contribution in [2.75, 3.05) is 26.8 Å². The molecule has 1 N–H and O–H groups in total. The predicted octanol–water partition coefficient (Wildman–Crippen LogP) is 0.574. The Morgan fingerprint density at radius 1 is 1.14 bits per heavy atom. The van der Waals surface area contributed by atoms with Crippen LogP contribution < -0.4 is 0 Å². The summed E-state index contributed by atoms with van der Waals surface area (Å²) in [6, 6.07) is -0.00255. The van der Waals surface area contributed by atoms with Gasteiger partial charge in [-0.3, -0.25) is 14.5 Å². The standard InChI is InChI=1S/C15H25NO5/c1-3-21-15(19)10-4-6-16(7-5-10)12-8-11(9-13(12)17)14(18)20-2/h10-13,17H,3-9H2,1-2H3/t11-,12-,13-/m1/s1. The number of hydrogen-bond donors (Lipinski definition) is 1. The van der Waals surface area contributed by atoms with Crippen molar-refractivity contribution in [3.05, 3.63) is 0 Å². The van der Waals surface area contributed by atoms with Crippen LogP contribution in [-0.2, 0) is 19.1 Å². The molecular weight excluding hydrogens is 274 g/mol. The molecular formula is C15H25NO5. The van der Waals surface area contributed by atoms with Crippen LogP contribution in [0.1, 0.15) is 32.6 Å². The molecule has 120 valence electrons. The minimum atomic E-state index is -0.492. The highest BCUT2D eigenvalue weighted by Crippen LogP contribution is 2.33. The Balaban J connectivity index is 1.85. The van der Waals surface area contributed by atoms with E-state index in [1.54, 1.807) is 0 Å². The van der Waals surface area contributed by atoms with Crippen molar-refractivity contribution in [1.29, 1.82) is 0 Å². The average molecular weight is 299 g/mol. The van der Waals surface area contributed by atoms with E-state index in [1.165, 1.54) is 7.11 Å². The second kappa shape index (κ2) is 7.22. The van der Waals surface area contributed by atoms with Crippen LogP contribution in [0.15, 0.2) is 0 Å². The number of methoxy groups -OCH3 is 1. The van der Waals surface area contributed by atoms with Crippen LogP contribution in [0.3, 0.4) is 0 Å². The van der Waals surface area contributed by atoms with Crippen LogP contribution in [-0.4, -0.2) is 60.9 Å². The van der Waals surface area contributed by atoms with Crippen molar-refractivity contribution >= 4 is 11.9 Å². The molecule has 1 saturated carbocycles. The summed E-state index contributed by atoms with van der Waals surface area (Å²) in [7, 11) is 1.38. The van der Waals surface area contributed by atoms with E-state index >= 15 is 0 Å². The van der Waals surface area contributed by atoms with E-state index in [0.717, 1.165) is 25.9 Å². The highest BCUT2D eigenvalue weighted by molar-refractivity contribution is 5.73. The van der Waals surface area contributed by atoms with Crippen LogP contribution in [0.4, 0.5) is 0 Å². The summed E-state index contributed by atoms with van der Waals surface area (Å²) in [6.45, 7) is 3.76. The molecule has 0 amide bonds. The van der Waals surface area contributed by atoms with Gasteiger partial charge in [0.05, 0.1) is 31.7 Å². The van der Waals surface area contributed by atoms with Crippen molar-refractivity contribution in [2.24, 2.45) is 11.8 Å². The average Bonchev–Trinajstić information content (AvgIpc) is 2.89. The molecule has 6 nitrogen and oxygen atoms in total. The minimum absolute atomic E-state index is 0.00255. The molecule has 0 aromatic heterocycles. The van der Waals surface area contributed by atoms with Crippen LogP contribution in [0.2, 0.25) is 0 Å². The van der Waals surface area contributed by atoms with Gasteiger partial charge in [-0.1, -0.05) is 0 Å². The van der Waals surface area contributed by atoms with Gasteiger partial charge in [-0.15, -0.1) is 0 Å². The predicted molar refractivity (Wildman–Crippen MR) is 75.5 cm³/mol. The molecule has 2 aliphatic rings. The summed E-state index contributed by atoms with van der Waals surface area (Å²) in [5.41, 5.74) is 0. The molecule has 0 spiro atoms. The highest BCUT2D eigenvalue weighted by atomic mass is 16.5. The first kappa shape index (κ1) is 16.2. The lowest BCUT2D eigenvalue weighted by atomic mass is 9.95. The summed E-state index contributed by atoms with van der Waals surface area (Å²) in [6.07, 6.45) is 2.12. The van der Waals surface area contributed by atoms with E-state index in [-0.39, 0.29) is 29.8 Å². The Bertz CT molecular complexity index is 378. The van der Waals surface area contributed by atoms with Crippen molar-refractivity contribution in [3.63, 3.8) is 0 Å². The number of aliphatic hydroxyl groups is 1. The zero-order valence-corrected chi connectivity index (χ0v) is 12.8. The van der Waals surface area contributed by atoms with Crippen LogP contribution in [0, 0.1) is 11.8 Å². The fraction of sp³-hybridized carbons (Fsp3) is 0.867. The SMILES string of the molecule is CCOC(=O)C1CCN([C@@H]2C[C@@H](C(=O)OC)C[C@H]2O)CC1. The Morgan fingerprint density at radius 3 is 2.38 bits per heavy atom. The topological polar surface area (TPSA) is 76.1 Å². The van der Waals surface area contributed by atoms with Gasteiger partial charge in [0.1, 0.15) is 0 Å². The van der Waals surface area contributed by atoms with Gasteiger partial charge in [0, 0.05) is 6.04 Å². The first-order chi connectivity index (χ1) is 10.1. The van der Waals surface area contributed by atoms with Crippen molar-refractivity contribution in [2.45, 2.75) is 44.8 Å². The number of aliphatic hydroxyl groups excluding tert-OH is 1. The molecule has 0 aromatic carbocycles. The normalized spacial score (nSPS) is 31.1. The van der Waals surface area contributed by atoms with E-state index in [1.807, 2.05) is 6.92 Å². The number of esters is 2. The molecule has 0 bridgehead atoms. The van der Waals surface area contributed by atoms with Crippen molar-refractivity contribution in [1.82, 2.24) is 4.90 Å². The van der Waals surface area contributed by atoms with Gasteiger partial charge in [-0.25, -0.2) is 0 Å². The Morgan fingerprint density at radius 2 is 1.81 bits per heavy atom. The van der Waals surface area contributed by atoms with Crippen LogP contribution >= 0.6 is 0 Å². The lowest BCUT2D eigenvalue weighted by Gasteiger charge is -2.36. The van der Waals surface area contributed by atoms with Gasteiger partial charge in [0.25, 0.3) is 0 Å². The zero-order valence-electron chi connectivity index (χ0n) is 12.8. The monoisotopic (exact) mass is 299 g/mol. The molecule has 1 saturated heterocycles. The molecule has 6 heteroatoms. The number of rotatable bonds is 4. The number of carbonyl (C=O) groups is 2. The van der Waals surface area contributed by atoms with Crippen LogP contribution in [0.5, 0.6) is 0 Å². The first-order valence-electron chi connectivity index (χ1n) is 7.73. The molecule has 1 aliphatic carbocycles. The third-order valence-corrected chi connectivity index (χ3v) is 4.65. The Hall–Kier alpha value is -1.14. The van der Waals surface area contributed by atoms with E-state index in [4.69, 9.17) is 9.47 Å². The number of likely N-dealkylation sites (tertiary alicyclic amines) is 1. The molecule has 2 rings (SSSR count). The molecule has 1 heterocycles. The van der Waals surface area contributed by atoms with Gasteiger partial charge >= 0.3 is 11.9 Å². The third kappa shape index (κ3) is 3.74. The molecule has 0 aromatic rings. The second-order valence-electron chi connectivity index (χ2n) is 5.89. The summed E-state index contributed by atoms with van der Waals surface area (Å²) >= 11 is 0. The molecule has 0 radical (unpaired) electrons. The van der Waals surface area contributed by atoms with Gasteiger partial charge in [0.15, 0.2) is 0 Å². The fourth-order valence-electron chi connectivity index (χ4n) is 3.47. The lowest BCUT2D eigenvalue weighted by molar-refractivity contribution is -0.150. The number of ether oxygens (including phenoxy) is 2. The summed E-state index contributed by atoms with van der Waals surface area (Å²) in [4.78, 5) is 25.5. The van der Waals surface area contributed by atoms with E-state index in [9.17, 15) is 14.7 Å². The highest BCUT2D eigenvalue weighted by Gasteiger charge is 2.41. The summed E-state index contributed by atoms with van der Waals surface area (Å²) in [5.74, 6) is -0.594. The first-order valence-corrected chi connectivity index (χ1v) is 7.73. The van der Waals surface area contributed by atoms with Crippen molar-refractivity contribution in [3.8, 4) is 0 Å². The molecule has 21 heavy (non-hydrogen) atoms. The second-order valence-corrected chi connectivity index (χ2v) is 5.89. The summed E-state index contributed by atoms with van der Waals surface area (Å²) < 4.78 is 9.82. The molecule has 1 aliphatic heterocycles. The zero-order chi connectivity index (χ0) is 15.4. The molecule has 2 fully saturated rings.